The number of pyridine rings is 2. The lowest BCUT2D eigenvalue weighted by Gasteiger charge is -2.14. The Kier molecular flexibility index (Phi) is 27.8. The summed E-state index contributed by atoms with van der Waals surface area (Å²) in [6.45, 7) is 10.4. The fourth-order valence-corrected chi connectivity index (χ4v) is 6.51. The summed E-state index contributed by atoms with van der Waals surface area (Å²) in [7, 11) is 0. The third kappa shape index (κ3) is 24.7. The average molecular weight is 876 g/mol. The van der Waals surface area contributed by atoms with Crippen LogP contribution in [0.5, 0.6) is 11.5 Å². The minimum atomic E-state index is -0.643. The fraction of sp³-hybridized carbons (Fsp3) is 0.478. The van der Waals surface area contributed by atoms with E-state index in [1.54, 1.807) is 6.07 Å². The fourth-order valence-electron chi connectivity index (χ4n) is 5.31. The molecule has 0 saturated carbocycles. The van der Waals surface area contributed by atoms with Gasteiger partial charge in [-0.15, -0.1) is 11.8 Å². The first-order valence-corrected chi connectivity index (χ1v) is 22.5. The lowest BCUT2D eigenvalue weighted by molar-refractivity contribution is -0.145. The van der Waals surface area contributed by atoms with Crippen molar-refractivity contribution in [3.05, 3.63) is 113 Å². The van der Waals surface area contributed by atoms with Gasteiger partial charge in [-0.1, -0.05) is 138 Å². The molecule has 8 nitrogen and oxygen atoms in total. The molecule has 0 aliphatic carbocycles. The number of thiol groups is 1. The van der Waals surface area contributed by atoms with Crippen LogP contribution in [0.4, 0.5) is 8.78 Å². The van der Waals surface area contributed by atoms with Crippen LogP contribution in [-0.4, -0.2) is 46.6 Å². The van der Waals surface area contributed by atoms with Crippen molar-refractivity contribution in [1.29, 1.82) is 0 Å². The number of nitrogens with zero attached hydrogens (tertiary/aromatic N) is 2. The van der Waals surface area contributed by atoms with Crippen molar-refractivity contribution in [2.45, 2.75) is 110 Å². The molecule has 2 heterocycles. The molecule has 4 aromatic rings. The van der Waals surface area contributed by atoms with Gasteiger partial charge in [0.2, 0.25) is 11.9 Å². The van der Waals surface area contributed by atoms with E-state index in [9.17, 15) is 18.4 Å². The smallest absolute Gasteiger partial charge is 0.306 e. The van der Waals surface area contributed by atoms with Crippen molar-refractivity contribution < 1.29 is 37.3 Å². The molecule has 0 radical (unpaired) electrons. The number of unbranched alkanes of at least 4 members (excludes halogenated alkanes) is 2. The number of carbonyl (C=O) groups is 2. The van der Waals surface area contributed by atoms with Crippen LogP contribution < -0.4 is 9.47 Å². The second-order valence-corrected chi connectivity index (χ2v) is 15.7. The number of halogens is 3. The maximum Gasteiger partial charge on any atom is 0.306 e. The number of rotatable bonds is 24. The van der Waals surface area contributed by atoms with Crippen molar-refractivity contribution in [2.24, 2.45) is 11.8 Å². The van der Waals surface area contributed by atoms with Crippen LogP contribution in [-0.2, 0) is 32.3 Å². The summed E-state index contributed by atoms with van der Waals surface area (Å²) in [6, 6.07) is 24.9. The first-order chi connectivity index (χ1) is 28.6. The van der Waals surface area contributed by atoms with E-state index in [0.717, 1.165) is 43.2 Å². The zero-order valence-corrected chi connectivity index (χ0v) is 37.4. The van der Waals surface area contributed by atoms with Gasteiger partial charge in [0.1, 0.15) is 34.9 Å². The molecule has 2 unspecified atom stereocenters. The van der Waals surface area contributed by atoms with Gasteiger partial charge in [-0.25, -0.2) is 9.97 Å². The maximum absolute atomic E-state index is 13.8. The molecule has 2 aromatic carbocycles. The number of benzene rings is 2. The zero-order chi connectivity index (χ0) is 43.1. The molecule has 4 rings (SSSR count). The second kappa shape index (κ2) is 32.0. The van der Waals surface area contributed by atoms with Crippen molar-refractivity contribution in [3.63, 3.8) is 0 Å². The number of thioether (sulfide) groups is 1. The average Bonchev–Trinajstić information content (AvgIpc) is 3.23. The Bertz CT molecular complexity index is 1710. The molecule has 0 amide bonds. The van der Waals surface area contributed by atoms with E-state index >= 15 is 0 Å². The van der Waals surface area contributed by atoms with Crippen LogP contribution in [0.3, 0.4) is 0 Å². The summed E-state index contributed by atoms with van der Waals surface area (Å²) >= 11 is 10.9. The van der Waals surface area contributed by atoms with E-state index in [2.05, 4.69) is 50.3 Å². The highest BCUT2D eigenvalue weighted by Crippen LogP contribution is 2.24. The molecular formula is C46H61ClF2N2O6S2. The molecular weight excluding hydrogens is 814 g/mol. The highest BCUT2D eigenvalue weighted by atomic mass is 35.5. The van der Waals surface area contributed by atoms with Gasteiger partial charge in [-0.05, 0) is 35.8 Å². The number of aromatic nitrogens is 2. The molecule has 0 fully saturated rings. The molecule has 2 aromatic heterocycles. The van der Waals surface area contributed by atoms with Crippen molar-refractivity contribution in [3.8, 4) is 11.5 Å². The van der Waals surface area contributed by atoms with Gasteiger partial charge in [-0.2, -0.15) is 21.4 Å². The van der Waals surface area contributed by atoms with E-state index in [1.807, 2.05) is 60.7 Å². The molecule has 0 aliphatic rings. The standard InChI is InChI=1S/C23H30FNO3S.C12H9ClFNO.C11H22O2S/c1-3-5-9-18(4-2)16-28-23(26)12-13-29-22-15-20(14-21(24)25-22)27-17-19-10-7-6-8-11-19;13-11-6-10(7-12(14)15-11)16-8-9-4-2-1-3-5-9;1-3-5-6-10(4-2)9-13-11(12)7-8-14/h6-8,10-11,14-15,18H,3-5,9,12-13,16-17H2,1-2H3;1-7H,8H2;10,14H,3-9H2,1-2H3. The molecule has 2 atom stereocenters. The summed E-state index contributed by atoms with van der Waals surface area (Å²) in [4.78, 5) is 30.3. The summed E-state index contributed by atoms with van der Waals surface area (Å²) in [5.41, 5.74) is 2.02. The largest absolute Gasteiger partial charge is 0.489 e. The lowest BCUT2D eigenvalue weighted by atomic mass is 10.0. The predicted molar refractivity (Wildman–Crippen MR) is 237 cm³/mol. The molecule has 13 heteroatoms. The molecule has 0 bridgehead atoms. The van der Waals surface area contributed by atoms with Crippen LogP contribution in [0.25, 0.3) is 0 Å². The SMILES string of the molecule is CCCCC(CC)COC(=O)CCS.CCCCC(CC)COC(=O)CCSc1cc(OCc2ccccc2)cc(F)n1.Fc1cc(OCc2ccccc2)cc(Cl)n1. The highest BCUT2D eigenvalue weighted by molar-refractivity contribution is 7.99. The molecule has 59 heavy (non-hydrogen) atoms. The Labute approximate surface area is 365 Å². The highest BCUT2D eigenvalue weighted by Gasteiger charge is 2.12. The predicted octanol–water partition coefficient (Wildman–Crippen LogP) is 12.6. The Hall–Kier alpha value is -3.87. The molecule has 0 saturated heterocycles. The first kappa shape index (κ1) is 51.3. The number of ether oxygens (including phenoxy) is 4. The van der Waals surface area contributed by atoms with E-state index in [0.29, 0.717) is 72.7 Å². The second-order valence-electron chi connectivity index (χ2n) is 13.7. The Morgan fingerprint density at radius 1 is 0.695 bits per heavy atom. The van der Waals surface area contributed by atoms with Crippen molar-refractivity contribution in [2.75, 3.05) is 24.7 Å². The number of carbonyl (C=O) groups excluding carboxylic acids is 2. The monoisotopic (exact) mass is 874 g/mol. The normalized spacial score (nSPS) is 11.5. The topological polar surface area (TPSA) is 96.8 Å². The van der Waals surface area contributed by atoms with Crippen LogP contribution in [0, 0.1) is 23.7 Å². The molecule has 0 aliphatic heterocycles. The van der Waals surface area contributed by atoms with Crippen LogP contribution in [0.2, 0.25) is 5.15 Å². The Morgan fingerprint density at radius 3 is 1.63 bits per heavy atom. The van der Waals surface area contributed by atoms with Gasteiger partial charge < -0.3 is 18.9 Å². The van der Waals surface area contributed by atoms with E-state index in [1.165, 1.54) is 49.2 Å². The van der Waals surface area contributed by atoms with Crippen molar-refractivity contribution >= 4 is 47.9 Å². The minimum absolute atomic E-state index is 0.0862. The summed E-state index contributed by atoms with van der Waals surface area (Å²) in [5, 5.41) is 0.582. The van der Waals surface area contributed by atoms with Crippen LogP contribution in [0.15, 0.2) is 90.0 Å². The summed E-state index contributed by atoms with van der Waals surface area (Å²) < 4.78 is 48.3. The third-order valence-electron chi connectivity index (χ3n) is 8.90. The van der Waals surface area contributed by atoms with Crippen LogP contribution >= 0.6 is 36.0 Å². The van der Waals surface area contributed by atoms with Gasteiger partial charge in [0.25, 0.3) is 0 Å². The lowest BCUT2D eigenvalue weighted by Crippen LogP contribution is -2.14. The van der Waals surface area contributed by atoms with Gasteiger partial charge in [0.15, 0.2) is 0 Å². The molecule has 0 spiro atoms. The minimum Gasteiger partial charge on any atom is -0.489 e. The van der Waals surface area contributed by atoms with Crippen molar-refractivity contribution in [1.82, 2.24) is 9.97 Å². The van der Waals surface area contributed by atoms with Gasteiger partial charge in [-0.3, -0.25) is 9.59 Å². The quantitative estimate of drug-likeness (QED) is 0.0319. The first-order valence-electron chi connectivity index (χ1n) is 20.5. The van der Waals surface area contributed by atoms with Gasteiger partial charge in [0.05, 0.1) is 26.1 Å². The van der Waals surface area contributed by atoms with E-state index in [-0.39, 0.29) is 23.5 Å². The van der Waals surface area contributed by atoms with E-state index in [4.69, 9.17) is 30.5 Å². The summed E-state index contributed by atoms with van der Waals surface area (Å²) in [5.74, 6) is 1.26. The zero-order valence-electron chi connectivity index (χ0n) is 34.9. The van der Waals surface area contributed by atoms with Crippen LogP contribution in [0.1, 0.15) is 103 Å². The molecule has 0 N–H and O–H groups in total. The Balaban J connectivity index is 0.000000337. The number of hydrogen-bond acceptors (Lipinski definition) is 10. The van der Waals surface area contributed by atoms with E-state index < -0.39 is 11.9 Å². The summed E-state index contributed by atoms with van der Waals surface area (Å²) in [6.07, 6.45) is 9.80. The Morgan fingerprint density at radius 2 is 1.17 bits per heavy atom. The van der Waals surface area contributed by atoms with Gasteiger partial charge >= 0.3 is 11.9 Å². The third-order valence-corrected chi connectivity index (χ3v) is 10.2. The maximum atomic E-state index is 13.8. The number of esters is 2. The molecule has 324 valence electrons. The number of hydrogen-bond donors (Lipinski definition) is 1. The van der Waals surface area contributed by atoms with Gasteiger partial charge in [0, 0.05) is 35.8 Å².